The van der Waals surface area contributed by atoms with Crippen molar-refractivity contribution in [3.05, 3.63) is 29.3 Å². The predicted molar refractivity (Wildman–Crippen MR) is 79.9 cm³/mol. The second-order valence-electron chi connectivity index (χ2n) is 5.54. The number of benzene rings is 1. The second-order valence-corrected chi connectivity index (χ2v) is 5.98. The average Bonchev–Trinajstić information content (AvgIpc) is 2.85. The summed E-state index contributed by atoms with van der Waals surface area (Å²) in [6.07, 6.45) is 0.833. The lowest BCUT2D eigenvalue weighted by Gasteiger charge is -2.23. The molecule has 1 amide bonds. The van der Waals surface area contributed by atoms with Crippen molar-refractivity contribution in [1.82, 2.24) is 4.90 Å². The van der Waals surface area contributed by atoms with Gasteiger partial charge in [-0.3, -0.25) is 4.79 Å². The number of halogens is 1. The average molecular weight is 297 g/mol. The van der Waals surface area contributed by atoms with Gasteiger partial charge in [0.2, 0.25) is 5.91 Å². The van der Waals surface area contributed by atoms with Gasteiger partial charge in [-0.25, -0.2) is 0 Å². The highest BCUT2D eigenvalue weighted by molar-refractivity contribution is 6.30. The molecule has 4 nitrogen and oxygen atoms in total. The van der Waals surface area contributed by atoms with Crippen LogP contribution < -0.4 is 10.5 Å². The zero-order chi connectivity index (χ0) is 14.7. The molecule has 0 aliphatic carbocycles. The van der Waals surface area contributed by atoms with E-state index in [1.54, 1.807) is 17.0 Å². The van der Waals surface area contributed by atoms with Crippen LogP contribution in [0, 0.1) is 5.92 Å². The first-order chi connectivity index (χ1) is 9.47. The summed E-state index contributed by atoms with van der Waals surface area (Å²) in [5.74, 6) is 0.901. The highest BCUT2D eigenvalue weighted by atomic mass is 35.5. The lowest BCUT2D eigenvalue weighted by Crippen LogP contribution is -2.46. The number of likely N-dealkylation sites (tertiary alicyclic amines) is 1. The third-order valence-electron chi connectivity index (χ3n) is 3.56. The predicted octanol–water partition coefficient (Wildman–Crippen LogP) is 2.30. The van der Waals surface area contributed by atoms with Gasteiger partial charge in [-0.2, -0.15) is 0 Å². The molecule has 0 saturated carbocycles. The van der Waals surface area contributed by atoms with Crippen LogP contribution in [-0.4, -0.2) is 36.0 Å². The molecule has 1 heterocycles. The van der Waals surface area contributed by atoms with Gasteiger partial charge in [0.15, 0.2) is 0 Å². The van der Waals surface area contributed by atoms with Crippen LogP contribution in [0.15, 0.2) is 24.3 Å². The Kier molecular flexibility index (Phi) is 4.89. The van der Waals surface area contributed by atoms with Crippen molar-refractivity contribution in [3.8, 4) is 5.75 Å². The van der Waals surface area contributed by atoms with Crippen molar-refractivity contribution in [2.45, 2.75) is 32.4 Å². The highest BCUT2D eigenvalue weighted by Crippen LogP contribution is 2.22. The van der Waals surface area contributed by atoms with Crippen LogP contribution in [0.25, 0.3) is 0 Å². The van der Waals surface area contributed by atoms with E-state index >= 15 is 0 Å². The summed E-state index contributed by atoms with van der Waals surface area (Å²) in [5.41, 5.74) is 5.91. The van der Waals surface area contributed by atoms with Gasteiger partial charge in [0.05, 0.1) is 12.6 Å². The van der Waals surface area contributed by atoms with Gasteiger partial charge in [-0.15, -0.1) is 0 Å². The van der Waals surface area contributed by atoms with E-state index < -0.39 is 6.04 Å². The van der Waals surface area contributed by atoms with Gasteiger partial charge in [-0.05, 0) is 24.1 Å². The van der Waals surface area contributed by atoms with E-state index in [4.69, 9.17) is 22.1 Å². The number of hydrogen-bond donors (Lipinski definition) is 1. The first kappa shape index (κ1) is 15.1. The Balaban J connectivity index is 1.91. The van der Waals surface area contributed by atoms with Crippen LogP contribution in [0.2, 0.25) is 5.02 Å². The molecule has 110 valence electrons. The molecule has 0 spiro atoms. The Morgan fingerprint density at radius 2 is 2.25 bits per heavy atom. The van der Waals surface area contributed by atoms with Gasteiger partial charge in [-0.1, -0.05) is 31.5 Å². The second kappa shape index (κ2) is 6.46. The lowest BCUT2D eigenvalue weighted by atomic mass is 10.0. The minimum atomic E-state index is -0.431. The summed E-state index contributed by atoms with van der Waals surface area (Å²) in [5, 5.41) is 0.648. The van der Waals surface area contributed by atoms with Gasteiger partial charge >= 0.3 is 0 Å². The smallest absolute Gasteiger partial charge is 0.239 e. The molecule has 1 aromatic carbocycles. The Labute approximate surface area is 124 Å². The Morgan fingerprint density at radius 3 is 2.90 bits per heavy atom. The molecule has 1 aromatic rings. The molecule has 0 unspecified atom stereocenters. The Morgan fingerprint density at radius 1 is 1.50 bits per heavy atom. The topological polar surface area (TPSA) is 55.6 Å². The molecule has 0 bridgehead atoms. The van der Waals surface area contributed by atoms with Crippen LogP contribution in [0.1, 0.15) is 20.3 Å². The summed E-state index contributed by atoms with van der Waals surface area (Å²) in [6.45, 7) is 5.20. The molecule has 1 aliphatic heterocycles. The number of rotatable bonds is 4. The third-order valence-corrected chi connectivity index (χ3v) is 3.79. The minimum Gasteiger partial charge on any atom is -0.488 e. The maximum absolute atomic E-state index is 12.2. The Hall–Kier alpha value is -1.26. The summed E-state index contributed by atoms with van der Waals surface area (Å²) < 4.78 is 5.86. The molecule has 0 radical (unpaired) electrons. The Bertz CT molecular complexity index is 479. The quantitative estimate of drug-likeness (QED) is 0.927. The number of carbonyl (C=O) groups is 1. The number of nitrogens with two attached hydrogens (primary N) is 1. The summed E-state index contributed by atoms with van der Waals surface area (Å²) in [6, 6.07) is 6.88. The molecule has 1 saturated heterocycles. The molecule has 2 N–H and O–H groups in total. The zero-order valence-corrected chi connectivity index (χ0v) is 12.6. The van der Waals surface area contributed by atoms with Crippen molar-refractivity contribution in [2.24, 2.45) is 11.7 Å². The fourth-order valence-corrected chi connectivity index (χ4v) is 2.43. The van der Waals surface area contributed by atoms with Crippen LogP contribution >= 0.6 is 11.6 Å². The van der Waals surface area contributed by atoms with Crippen LogP contribution in [0.3, 0.4) is 0 Å². The lowest BCUT2D eigenvalue weighted by molar-refractivity contribution is -0.132. The minimum absolute atomic E-state index is 0.0109. The van der Waals surface area contributed by atoms with Crippen LogP contribution in [0.5, 0.6) is 5.75 Å². The standard InChI is InChI=1S/C15H21ClN2O2/c1-10(2)14(17)15(19)18-7-6-13(9-18)20-12-5-3-4-11(16)8-12/h3-5,8,10,13-14H,6-7,9,17H2,1-2H3/t13-,14+/m1/s1. The monoisotopic (exact) mass is 296 g/mol. The van der Waals surface area contributed by atoms with Gasteiger partial charge in [0.1, 0.15) is 11.9 Å². The van der Waals surface area contributed by atoms with Crippen molar-refractivity contribution in [3.63, 3.8) is 0 Å². The number of nitrogens with zero attached hydrogens (tertiary/aromatic N) is 1. The normalized spacial score (nSPS) is 20.2. The van der Waals surface area contributed by atoms with Crippen molar-refractivity contribution in [2.75, 3.05) is 13.1 Å². The SMILES string of the molecule is CC(C)[C@H](N)C(=O)N1CC[C@@H](Oc2cccc(Cl)c2)C1. The fraction of sp³-hybridized carbons (Fsp3) is 0.533. The summed E-state index contributed by atoms with van der Waals surface area (Å²) in [4.78, 5) is 14.0. The summed E-state index contributed by atoms with van der Waals surface area (Å²) in [7, 11) is 0. The maximum Gasteiger partial charge on any atom is 0.239 e. The molecule has 1 aliphatic rings. The molecule has 2 rings (SSSR count). The van der Waals surface area contributed by atoms with Gasteiger partial charge in [0.25, 0.3) is 0 Å². The summed E-state index contributed by atoms with van der Waals surface area (Å²) >= 11 is 5.92. The molecular formula is C15H21ClN2O2. The van der Waals surface area contributed by atoms with E-state index in [1.165, 1.54) is 0 Å². The van der Waals surface area contributed by atoms with E-state index in [0.717, 1.165) is 12.2 Å². The maximum atomic E-state index is 12.2. The first-order valence-corrected chi connectivity index (χ1v) is 7.31. The van der Waals surface area contributed by atoms with E-state index in [1.807, 2.05) is 26.0 Å². The fourth-order valence-electron chi connectivity index (χ4n) is 2.25. The van der Waals surface area contributed by atoms with Gasteiger partial charge < -0.3 is 15.4 Å². The molecular weight excluding hydrogens is 276 g/mol. The number of hydrogen-bond acceptors (Lipinski definition) is 3. The third kappa shape index (κ3) is 3.64. The van der Waals surface area contributed by atoms with Crippen LogP contribution in [-0.2, 0) is 4.79 Å². The van der Waals surface area contributed by atoms with E-state index in [2.05, 4.69) is 0 Å². The van der Waals surface area contributed by atoms with Crippen molar-refractivity contribution < 1.29 is 9.53 Å². The largest absolute Gasteiger partial charge is 0.488 e. The number of ether oxygens (including phenoxy) is 1. The zero-order valence-electron chi connectivity index (χ0n) is 11.9. The number of amides is 1. The molecule has 0 aromatic heterocycles. The van der Waals surface area contributed by atoms with Crippen molar-refractivity contribution >= 4 is 17.5 Å². The van der Waals surface area contributed by atoms with Crippen molar-refractivity contribution in [1.29, 1.82) is 0 Å². The van der Waals surface area contributed by atoms with E-state index in [0.29, 0.717) is 18.1 Å². The van der Waals surface area contributed by atoms with E-state index in [9.17, 15) is 4.79 Å². The molecule has 5 heteroatoms. The highest BCUT2D eigenvalue weighted by Gasteiger charge is 2.31. The first-order valence-electron chi connectivity index (χ1n) is 6.94. The molecule has 1 fully saturated rings. The molecule has 2 atom stereocenters. The van der Waals surface area contributed by atoms with E-state index in [-0.39, 0.29) is 17.9 Å². The van der Waals surface area contributed by atoms with Gasteiger partial charge in [0, 0.05) is 18.0 Å². The molecule has 20 heavy (non-hydrogen) atoms. The van der Waals surface area contributed by atoms with Crippen LogP contribution in [0.4, 0.5) is 0 Å². The number of carbonyl (C=O) groups excluding carboxylic acids is 1.